The summed E-state index contributed by atoms with van der Waals surface area (Å²) in [5.41, 5.74) is 8.57. The third-order valence-electron chi connectivity index (χ3n) is 7.12. The van der Waals surface area contributed by atoms with Gasteiger partial charge in [-0.3, -0.25) is 19.1 Å². The lowest BCUT2D eigenvalue weighted by Gasteiger charge is -2.41. The highest BCUT2D eigenvalue weighted by atomic mass is 16.2. The molecule has 1 aliphatic rings. The minimum atomic E-state index is -0.389. The first-order valence-corrected chi connectivity index (χ1v) is 13.0. The van der Waals surface area contributed by atoms with Gasteiger partial charge < -0.3 is 20.6 Å². The molecule has 11 heteroatoms. The van der Waals surface area contributed by atoms with Crippen LogP contribution in [0.3, 0.4) is 0 Å². The molecule has 0 saturated heterocycles. The van der Waals surface area contributed by atoms with Crippen molar-refractivity contribution in [3.05, 3.63) is 78.8 Å². The molecular weight excluding hydrogens is 492 g/mol. The van der Waals surface area contributed by atoms with E-state index in [4.69, 9.17) is 0 Å². The largest absolute Gasteiger partial charge is 0.363 e. The summed E-state index contributed by atoms with van der Waals surface area (Å²) >= 11 is 0. The van der Waals surface area contributed by atoms with Crippen LogP contribution in [0.4, 0.5) is 11.5 Å². The summed E-state index contributed by atoms with van der Waals surface area (Å²) in [6.45, 7) is 5.69. The van der Waals surface area contributed by atoms with Crippen LogP contribution in [0, 0.1) is 6.92 Å². The number of likely N-dealkylation sites (N-methyl/N-ethyl adjacent to an activating group) is 1. The van der Waals surface area contributed by atoms with Gasteiger partial charge in [0.05, 0.1) is 24.2 Å². The predicted octanol–water partition coefficient (Wildman–Crippen LogP) is 3.52. The van der Waals surface area contributed by atoms with E-state index >= 15 is 0 Å². The quantitative estimate of drug-likeness (QED) is 0.285. The molecule has 2 atom stereocenters. The van der Waals surface area contributed by atoms with Crippen LogP contribution >= 0.6 is 0 Å². The number of amides is 1. The highest BCUT2D eigenvalue weighted by molar-refractivity contribution is 6.08. The molecule has 1 aliphatic heterocycles. The third-order valence-corrected chi connectivity index (χ3v) is 7.12. The van der Waals surface area contributed by atoms with Crippen LogP contribution in [0.2, 0.25) is 0 Å². The molecule has 1 unspecified atom stereocenters. The second-order valence-corrected chi connectivity index (χ2v) is 10.2. The molecule has 6 rings (SSSR count). The van der Waals surface area contributed by atoms with E-state index in [2.05, 4.69) is 35.7 Å². The Morgan fingerprint density at radius 3 is 2.77 bits per heavy atom. The van der Waals surface area contributed by atoms with E-state index in [1.807, 2.05) is 103 Å². The number of aromatic nitrogens is 6. The Bertz CT molecular complexity index is 1620. The Labute approximate surface area is 226 Å². The maximum atomic E-state index is 13.8. The Morgan fingerprint density at radius 2 is 1.97 bits per heavy atom. The van der Waals surface area contributed by atoms with E-state index in [-0.39, 0.29) is 18.1 Å². The molecule has 39 heavy (non-hydrogen) atoms. The van der Waals surface area contributed by atoms with E-state index in [0.717, 1.165) is 46.5 Å². The Morgan fingerprint density at radius 1 is 1.15 bits per heavy atom. The van der Waals surface area contributed by atoms with Crippen LogP contribution in [0.5, 0.6) is 0 Å². The second-order valence-electron chi connectivity index (χ2n) is 10.2. The molecule has 5 aromatic rings. The van der Waals surface area contributed by atoms with Crippen molar-refractivity contribution in [1.82, 2.24) is 34.3 Å². The van der Waals surface area contributed by atoms with Crippen LogP contribution in [-0.4, -0.2) is 73.1 Å². The summed E-state index contributed by atoms with van der Waals surface area (Å²) in [6, 6.07) is 11.5. The van der Waals surface area contributed by atoms with Gasteiger partial charge in [-0.2, -0.15) is 5.10 Å². The zero-order valence-electron chi connectivity index (χ0n) is 22.5. The van der Waals surface area contributed by atoms with Crippen molar-refractivity contribution in [2.45, 2.75) is 32.6 Å². The molecule has 200 valence electrons. The van der Waals surface area contributed by atoms with Gasteiger partial charge in [-0.25, -0.2) is 9.97 Å². The highest BCUT2D eigenvalue weighted by Crippen LogP contribution is 2.33. The minimum Gasteiger partial charge on any atom is -0.363 e. The van der Waals surface area contributed by atoms with Crippen molar-refractivity contribution in [2.24, 2.45) is 0 Å². The first-order chi connectivity index (χ1) is 18.9. The molecule has 3 N–H and O–H groups in total. The molecule has 0 spiro atoms. The summed E-state index contributed by atoms with van der Waals surface area (Å²) in [4.78, 5) is 30.1. The molecule has 0 radical (unpaired) electrons. The van der Waals surface area contributed by atoms with Gasteiger partial charge in [-0.1, -0.05) is 18.2 Å². The maximum absolute atomic E-state index is 13.8. The summed E-state index contributed by atoms with van der Waals surface area (Å²) in [7, 11) is 4.10. The van der Waals surface area contributed by atoms with Crippen LogP contribution in [0.1, 0.15) is 23.0 Å². The van der Waals surface area contributed by atoms with Crippen molar-refractivity contribution < 1.29 is 4.79 Å². The first-order valence-electron chi connectivity index (χ1n) is 13.0. The number of carbonyl (C=O) groups is 1. The topological polar surface area (TPSA) is 112 Å². The number of hydrogen-bond donors (Lipinski definition) is 3. The lowest BCUT2D eigenvalue weighted by Crippen LogP contribution is -2.59. The van der Waals surface area contributed by atoms with Gasteiger partial charge in [0.2, 0.25) is 0 Å². The third kappa shape index (κ3) is 4.50. The minimum absolute atomic E-state index is 0.0543. The van der Waals surface area contributed by atoms with E-state index in [1.165, 1.54) is 0 Å². The van der Waals surface area contributed by atoms with Crippen molar-refractivity contribution in [3.8, 4) is 11.1 Å². The maximum Gasteiger partial charge on any atom is 0.278 e. The van der Waals surface area contributed by atoms with Gasteiger partial charge in [0.25, 0.3) is 5.91 Å². The number of nitrogens with one attached hydrogen (secondary N) is 3. The van der Waals surface area contributed by atoms with Gasteiger partial charge in [-0.05, 0) is 51.7 Å². The standard InChI is InChI=1S/C28H32N10O/c1-18-10-11-37-24(18)28(39)38(21-8-6-5-7-9-21)27(34-37)19(2)33-26-23-22(15-29-25(23)30-17-31-26)20-14-32-36(16-20)13-12-35(3)4/h5-11,14-17,19,27,34H,12-13H2,1-4H3,(H2,29,30,31,33)/t19-,27?/m0/s1. The van der Waals surface area contributed by atoms with E-state index in [0.29, 0.717) is 11.5 Å². The van der Waals surface area contributed by atoms with Gasteiger partial charge in [-0.15, -0.1) is 0 Å². The smallest absolute Gasteiger partial charge is 0.278 e. The number of carbonyl (C=O) groups excluding carboxylic acids is 1. The fourth-order valence-corrected chi connectivity index (χ4v) is 5.07. The molecule has 4 aromatic heterocycles. The number of aryl methyl sites for hydroxylation is 1. The number of nitrogens with zero attached hydrogens (tertiary/aromatic N) is 7. The Hall–Kier alpha value is -4.64. The zero-order valence-corrected chi connectivity index (χ0v) is 22.5. The van der Waals surface area contributed by atoms with Crippen LogP contribution in [0.25, 0.3) is 22.2 Å². The molecule has 1 aromatic carbocycles. The van der Waals surface area contributed by atoms with E-state index in [1.54, 1.807) is 6.33 Å². The summed E-state index contributed by atoms with van der Waals surface area (Å²) in [5.74, 6) is 0.628. The monoisotopic (exact) mass is 524 g/mol. The molecule has 0 saturated carbocycles. The molecule has 1 amide bonds. The average molecular weight is 525 g/mol. The number of para-hydroxylation sites is 1. The van der Waals surface area contributed by atoms with Gasteiger partial charge in [0.1, 0.15) is 29.7 Å². The fraction of sp³-hybridized carbons (Fsp3) is 0.286. The molecule has 5 heterocycles. The van der Waals surface area contributed by atoms with Gasteiger partial charge in [0.15, 0.2) is 0 Å². The first kappa shape index (κ1) is 24.7. The number of hydrogen-bond acceptors (Lipinski definition) is 7. The fourth-order valence-electron chi connectivity index (χ4n) is 5.07. The van der Waals surface area contributed by atoms with E-state index < -0.39 is 0 Å². The normalized spacial score (nSPS) is 16.0. The summed E-state index contributed by atoms with van der Waals surface area (Å²) in [6.07, 6.45) is 8.90. The molecule has 0 fully saturated rings. The highest BCUT2D eigenvalue weighted by Gasteiger charge is 2.37. The second kappa shape index (κ2) is 9.91. The molecule has 0 aliphatic carbocycles. The van der Waals surface area contributed by atoms with Crippen LogP contribution < -0.4 is 15.6 Å². The lowest BCUT2D eigenvalue weighted by atomic mass is 10.1. The Kier molecular flexibility index (Phi) is 6.27. The van der Waals surface area contributed by atoms with Crippen molar-refractivity contribution in [3.63, 3.8) is 0 Å². The number of anilines is 2. The number of aromatic amines is 1. The predicted molar refractivity (Wildman–Crippen MR) is 152 cm³/mol. The summed E-state index contributed by atoms with van der Waals surface area (Å²) < 4.78 is 3.76. The number of fused-ring (bicyclic) bond motifs is 2. The zero-order chi connectivity index (χ0) is 27.1. The number of H-pyrrole nitrogens is 1. The SMILES string of the molecule is Cc1ccn2c1C(=O)N(c1ccccc1)C([C@H](C)Nc1ncnc3[nH]cc(-c4cnn(CCN(C)C)c4)c13)N2. The number of benzene rings is 1. The lowest BCUT2D eigenvalue weighted by molar-refractivity contribution is 0.0954. The van der Waals surface area contributed by atoms with Gasteiger partial charge >= 0.3 is 0 Å². The summed E-state index contributed by atoms with van der Waals surface area (Å²) in [5, 5.41) is 9.01. The van der Waals surface area contributed by atoms with Crippen LogP contribution in [0.15, 0.2) is 67.5 Å². The van der Waals surface area contributed by atoms with Crippen molar-refractivity contribution in [1.29, 1.82) is 0 Å². The molecular formula is C28H32N10O. The van der Waals surface area contributed by atoms with Crippen LogP contribution in [-0.2, 0) is 6.54 Å². The Balaban J connectivity index is 1.34. The van der Waals surface area contributed by atoms with Crippen molar-refractivity contribution in [2.75, 3.05) is 36.3 Å². The average Bonchev–Trinajstić information content (AvgIpc) is 3.66. The van der Waals surface area contributed by atoms with E-state index in [9.17, 15) is 4.79 Å². The molecule has 0 bridgehead atoms. The molecule has 11 nitrogen and oxygen atoms in total. The van der Waals surface area contributed by atoms with Crippen molar-refractivity contribution >= 4 is 28.4 Å². The number of rotatable bonds is 8. The van der Waals surface area contributed by atoms with Gasteiger partial charge in [0, 0.05) is 41.9 Å².